The van der Waals surface area contributed by atoms with Crippen LogP contribution < -0.4 is 4.74 Å². The van der Waals surface area contributed by atoms with E-state index in [1.165, 1.54) is 17.8 Å². The van der Waals surface area contributed by atoms with Crippen LogP contribution in [0.4, 0.5) is 0 Å². The van der Waals surface area contributed by atoms with Crippen LogP contribution in [0, 0.1) is 0 Å². The molecule has 7 heteroatoms. The standard InChI is InChI=1S/C9H12N2O5/c1-3-15-5-8(12)16-7-4-6(9(13)14)10-11(7)2/h4H,3,5H2,1-2H3,(H,13,14). The number of ether oxygens (including phenoxy) is 2. The Morgan fingerprint density at radius 1 is 1.56 bits per heavy atom. The molecule has 0 fully saturated rings. The minimum atomic E-state index is -1.18. The average Bonchev–Trinajstić information content (AvgIpc) is 2.57. The van der Waals surface area contributed by atoms with Gasteiger partial charge in [0.25, 0.3) is 0 Å². The van der Waals surface area contributed by atoms with Gasteiger partial charge in [-0.2, -0.15) is 5.10 Å². The molecule has 7 nitrogen and oxygen atoms in total. The highest BCUT2D eigenvalue weighted by atomic mass is 16.6. The van der Waals surface area contributed by atoms with Gasteiger partial charge in [-0.15, -0.1) is 0 Å². The van der Waals surface area contributed by atoms with Crippen LogP contribution in [-0.2, 0) is 16.6 Å². The minimum Gasteiger partial charge on any atom is -0.476 e. The molecule has 0 saturated carbocycles. The predicted octanol–water partition coefficient (Wildman–Crippen LogP) is 0.0602. The molecular weight excluding hydrogens is 216 g/mol. The second kappa shape index (κ2) is 5.26. The van der Waals surface area contributed by atoms with Crippen molar-refractivity contribution < 1.29 is 24.2 Å². The second-order valence-corrected chi connectivity index (χ2v) is 2.91. The van der Waals surface area contributed by atoms with Crippen molar-refractivity contribution in [3.63, 3.8) is 0 Å². The Bertz CT molecular complexity index is 399. The first kappa shape index (κ1) is 12.2. The topological polar surface area (TPSA) is 90.7 Å². The van der Waals surface area contributed by atoms with Gasteiger partial charge in [0.2, 0.25) is 5.88 Å². The van der Waals surface area contributed by atoms with E-state index in [4.69, 9.17) is 14.6 Å². The molecule has 0 saturated heterocycles. The summed E-state index contributed by atoms with van der Waals surface area (Å²) in [7, 11) is 1.48. The van der Waals surface area contributed by atoms with Gasteiger partial charge in [-0.25, -0.2) is 14.3 Å². The Hall–Kier alpha value is -1.89. The van der Waals surface area contributed by atoms with Crippen molar-refractivity contribution in [2.45, 2.75) is 6.92 Å². The van der Waals surface area contributed by atoms with Gasteiger partial charge >= 0.3 is 11.9 Å². The third-order valence-corrected chi connectivity index (χ3v) is 1.70. The van der Waals surface area contributed by atoms with Gasteiger partial charge in [-0.3, -0.25) is 0 Å². The molecule has 0 aliphatic heterocycles. The maximum atomic E-state index is 11.2. The molecule has 0 aliphatic carbocycles. The number of carboxylic acids is 1. The van der Waals surface area contributed by atoms with Crippen molar-refractivity contribution in [1.82, 2.24) is 9.78 Å². The third-order valence-electron chi connectivity index (χ3n) is 1.70. The summed E-state index contributed by atoms with van der Waals surface area (Å²) in [5.41, 5.74) is -0.179. The summed E-state index contributed by atoms with van der Waals surface area (Å²) in [6.45, 7) is 1.98. The SMILES string of the molecule is CCOCC(=O)Oc1cc(C(=O)O)nn1C. The van der Waals surface area contributed by atoms with Crippen LogP contribution in [0.15, 0.2) is 6.07 Å². The van der Waals surface area contributed by atoms with Crippen LogP contribution in [0.25, 0.3) is 0 Å². The van der Waals surface area contributed by atoms with E-state index in [9.17, 15) is 9.59 Å². The lowest BCUT2D eigenvalue weighted by atomic mass is 10.4. The maximum Gasteiger partial charge on any atom is 0.356 e. The molecule has 0 bridgehead atoms. The van der Waals surface area contributed by atoms with Crippen molar-refractivity contribution in [2.24, 2.45) is 7.05 Å². The number of hydrogen-bond acceptors (Lipinski definition) is 5. The van der Waals surface area contributed by atoms with Crippen LogP contribution in [-0.4, -0.2) is 40.0 Å². The highest BCUT2D eigenvalue weighted by Gasteiger charge is 2.14. The molecule has 0 radical (unpaired) electrons. The summed E-state index contributed by atoms with van der Waals surface area (Å²) < 4.78 is 10.9. The summed E-state index contributed by atoms with van der Waals surface area (Å²) in [5, 5.41) is 12.3. The van der Waals surface area contributed by atoms with E-state index in [-0.39, 0.29) is 18.2 Å². The van der Waals surface area contributed by atoms with Crippen LogP contribution in [0.3, 0.4) is 0 Å². The van der Waals surface area contributed by atoms with Gasteiger partial charge in [-0.05, 0) is 6.92 Å². The second-order valence-electron chi connectivity index (χ2n) is 2.91. The number of aryl methyl sites for hydroxylation is 1. The number of nitrogens with zero attached hydrogens (tertiary/aromatic N) is 2. The molecule has 1 aromatic heterocycles. The maximum absolute atomic E-state index is 11.2. The molecule has 0 spiro atoms. The number of carboxylic acid groups (broad SMARTS) is 1. The molecule has 1 rings (SSSR count). The van der Waals surface area contributed by atoms with Gasteiger partial charge in [0.15, 0.2) is 5.69 Å². The fourth-order valence-corrected chi connectivity index (χ4v) is 0.982. The van der Waals surface area contributed by atoms with Gasteiger partial charge in [0, 0.05) is 19.7 Å². The average molecular weight is 228 g/mol. The highest BCUT2D eigenvalue weighted by molar-refractivity contribution is 5.86. The normalized spacial score (nSPS) is 10.1. The Kier molecular flexibility index (Phi) is 4.01. The Morgan fingerprint density at radius 3 is 2.75 bits per heavy atom. The number of esters is 1. The first-order valence-corrected chi connectivity index (χ1v) is 4.60. The van der Waals surface area contributed by atoms with Crippen molar-refractivity contribution in [3.05, 3.63) is 11.8 Å². The lowest BCUT2D eigenvalue weighted by molar-refractivity contribution is -0.139. The molecule has 1 N–H and O–H groups in total. The quantitative estimate of drug-likeness (QED) is 0.716. The number of carbonyl (C=O) groups excluding carboxylic acids is 1. The summed E-state index contributed by atoms with van der Waals surface area (Å²) >= 11 is 0. The molecule has 0 amide bonds. The summed E-state index contributed by atoms with van der Waals surface area (Å²) in [6.07, 6.45) is 0. The zero-order valence-corrected chi connectivity index (χ0v) is 8.97. The van der Waals surface area contributed by atoms with E-state index in [1.807, 2.05) is 0 Å². The van der Waals surface area contributed by atoms with Gasteiger partial charge in [0.1, 0.15) is 6.61 Å². The Labute approximate surface area is 91.6 Å². The number of aromatic carboxylic acids is 1. The third kappa shape index (κ3) is 3.06. The first-order valence-electron chi connectivity index (χ1n) is 4.60. The monoisotopic (exact) mass is 228 g/mol. The van der Waals surface area contributed by atoms with Gasteiger partial charge in [0.05, 0.1) is 0 Å². The lowest BCUT2D eigenvalue weighted by Gasteiger charge is -2.03. The van der Waals surface area contributed by atoms with Crippen LogP contribution in [0.5, 0.6) is 5.88 Å². The smallest absolute Gasteiger partial charge is 0.356 e. The molecule has 0 aromatic carbocycles. The number of carbonyl (C=O) groups is 2. The van der Waals surface area contributed by atoms with E-state index in [0.717, 1.165) is 0 Å². The molecule has 16 heavy (non-hydrogen) atoms. The van der Waals surface area contributed by atoms with E-state index in [0.29, 0.717) is 6.61 Å². The van der Waals surface area contributed by atoms with Crippen LogP contribution in [0.1, 0.15) is 17.4 Å². The van der Waals surface area contributed by atoms with Gasteiger partial charge < -0.3 is 14.6 Å². The lowest BCUT2D eigenvalue weighted by Crippen LogP contribution is -2.16. The minimum absolute atomic E-state index is 0.0714. The van der Waals surface area contributed by atoms with E-state index < -0.39 is 11.9 Å². The van der Waals surface area contributed by atoms with Crippen molar-refractivity contribution in [3.8, 4) is 5.88 Å². The first-order chi connectivity index (χ1) is 7.54. The van der Waals surface area contributed by atoms with E-state index in [1.54, 1.807) is 6.92 Å². The van der Waals surface area contributed by atoms with E-state index >= 15 is 0 Å². The fraction of sp³-hybridized carbons (Fsp3) is 0.444. The molecule has 88 valence electrons. The largest absolute Gasteiger partial charge is 0.476 e. The highest BCUT2D eigenvalue weighted by Crippen LogP contribution is 2.12. The number of rotatable bonds is 5. The molecule has 0 unspecified atom stereocenters. The number of hydrogen-bond donors (Lipinski definition) is 1. The predicted molar refractivity (Wildman–Crippen MR) is 52.3 cm³/mol. The van der Waals surface area contributed by atoms with E-state index in [2.05, 4.69) is 5.10 Å². The zero-order chi connectivity index (χ0) is 12.1. The van der Waals surface area contributed by atoms with Crippen molar-refractivity contribution in [2.75, 3.05) is 13.2 Å². The molecular formula is C9H12N2O5. The summed E-state index contributed by atoms with van der Waals surface area (Å²) in [5.74, 6) is -1.70. The van der Waals surface area contributed by atoms with Crippen molar-refractivity contribution >= 4 is 11.9 Å². The van der Waals surface area contributed by atoms with Gasteiger partial charge in [-0.1, -0.05) is 0 Å². The fourth-order valence-electron chi connectivity index (χ4n) is 0.982. The summed E-state index contributed by atoms with van der Waals surface area (Å²) in [6, 6.07) is 1.17. The van der Waals surface area contributed by atoms with Crippen LogP contribution >= 0.6 is 0 Å². The molecule has 0 aliphatic rings. The number of aromatic nitrogens is 2. The molecule has 1 heterocycles. The molecule has 0 atom stereocenters. The van der Waals surface area contributed by atoms with Crippen LogP contribution in [0.2, 0.25) is 0 Å². The Morgan fingerprint density at radius 2 is 2.25 bits per heavy atom. The van der Waals surface area contributed by atoms with Crippen molar-refractivity contribution in [1.29, 1.82) is 0 Å². The zero-order valence-electron chi connectivity index (χ0n) is 8.97. The Balaban J connectivity index is 2.66. The summed E-state index contributed by atoms with van der Waals surface area (Å²) in [4.78, 5) is 21.8. The molecule has 1 aromatic rings.